The average Bonchev–Trinajstić information content (AvgIpc) is 2.88. The molecule has 8 heteroatoms. The maximum atomic E-state index is 11.7. The van der Waals surface area contributed by atoms with Gasteiger partial charge in [0.1, 0.15) is 0 Å². The Hall–Kier alpha value is -0.830. The maximum Gasteiger partial charge on any atom is 0.0970 e. The van der Waals surface area contributed by atoms with E-state index in [4.69, 9.17) is 9.47 Å². The second kappa shape index (κ2) is 9.17. The molecule has 0 aliphatic heterocycles. The van der Waals surface area contributed by atoms with Crippen LogP contribution in [0.15, 0.2) is 12.4 Å². The fourth-order valence-electron chi connectivity index (χ4n) is 1.26. The topological polar surface area (TPSA) is 78.3 Å². The van der Waals surface area contributed by atoms with Crippen molar-refractivity contribution >= 4 is 11.0 Å². The third kappa shape index (κ3) is 7.68. The summed E-state index contributed by atoms with van der Waals surface area (Å²) in [5.41, 5.74) is 0. The summed E-state index contributed by atoms with van der Waals surface area (Å²) < 4.78 is 26.8. The smallest absolute Gasteiger partial charge is 0.0970 e. The van der Waals surface area contributed by atoms with Gasteiger partial charge in [-0.2, -0.15) is 0 Å². The summed E-state index contributed by atoms with van der Waals surface area (Å²) in [6, 6.07) is 0. The highest BCUT2D eigenvalue weighted by Crippen LogP contribution is 2.07. The minimum atomic E-state index is -1.04. The van der Waals surface area contributed by atoms with Crippen LogP contribution in [0.2, 0.25) is 0 Å². The number of hydrogen-bond donors (Lipinski definition) is 1. The molecule has 7 nitrogen and oxygen atoms in total. The molecule has 1 aromatic heterocycles. The first-order valence-electron chi connectivity index (χ1n) is 6.65. The molecule has 0 saturated heterocycles. The highest BCUT2D eigenvalue weighted by atomic mass is 32.2. The van der Waals surface area contributed by atoms with Gasteiger partial charge in [-0.15, -0.1) is 5.10 Å². The Balaban J connectivity index is 1.87. The lowest BCUT2D eigenvalue weighted by Gasteiger charge is -2.17. The molecule has 1 aromatic rings. The van der Waals surface area contributed by atoms with Crippen molar-refractivity contribution in [3.63, 3.8) is 0 Å². The molecule has 0 fully saturated rings. The Kier molecular flexibility index (Phi) is 7.90. The molecule has 0 aliphatic rings. The summed E-state index contributed by atoms with van der Waals surface area (Å²) in [6.45, 7) is 9.22. The molecule has 0 bridgehead atoms. The van der Waals surface area contributed by atoms with Gasteiger partial charge in [-0.3, -0.25) is 4.68 Å². The summed E-state index contributed by atoms with van der Waals surface area (Å²) in [5.74, 6) is 0. The van der Waals surface area contributed by atoms with Gasteiger partial charge in [-0.1, -0.05) is 5.21 Å². The predicted octanol–water partition coefficient (Wildman–Crippen LogP) is 0.363. The molecule has 0 amide bonds. The number of nitrogens with zero attached hydrogens (tertiary/aromatic N) is 3. The lowest BCUT2D eigenvalue weighted by Crippen LogP contribution is -2.35. The van der Waals surface area contributed by atoms with Gasteiger partial charge in [0.05, 0.1) is 54.9 Å². The van der Waals surface area contributed by atoms with Gasteiger partial charge in [0.15, 0.2) is 0 Å². The van der Waals surface area contributed by atoms with Gasteiger partial charge in [-0.05, 0) is 20.8 Å². The molecule has 116 valence electrons. The van der Waals surface area contributed by atoms with E-state index >= 15 is 0 Å². The van der Waals surface area contributed by atoms with Crippen LogP contribution >= 0.6 is 0 Å². The van der Waals surface area contributed by atoms with Crippen LogP contribution in [-0.2, 0) is 27.0 Å². The summed E-state index contributed by atoms with van der Waals surface area (Å²) in [4.78, 5) is 0. The Bertz CT molecular complexity index is 379. The first kappa shape index (κ1) is 17.2. The van der Waals surface area contributed by atoms with Crippen molar-refractivity contribution in [1.82, 2.24) is 19.7 Å². The van der Waals surface area contributed by atoms with Gasteiger partial charge in [0.2, 0.25) is 0 Å². The molecule has 0 saturated carbocycles. The van der Waals surface area contributed by atoms with Crippen LogP contribution in [0, 0.1) is 0 Å². The van der Waals surface area contributed by atoms with Gasteiger partial charge < -0.3 is 9.47 Å². The van der Waals surface area contributed by atoms with Crippen molar-refractivity contribution in [1.29, 1.82) is 0 Å². The molecule has 1 rings (SSSR count). The van der Waals surface area contributed by atoms with Crippen molar-refractivity contribution in [3.05, 3.63) is 12.4 Å². The van der Waals surface area contributed by atoms with E-state index in [1.807, 2.05) is 20.8 Å². The molecule has 0 aliphatic carbocycles. The SMILES string of the molecule is CC(C)(C)S(=O)NCCOCCOCCn1ccnn1. The molecule has 1 unspecified atom stereocenters. The lowest BCUT2D eigenvalue weighted by molar-refractivity contribution is 0.0460. The summed E-state index contributed by atoms with van der Waals surface area (Å²) >= 11 is 0. The molecular weight excluding hydrogens is 280 g/mol. The minimum Gasteiger partial charge on any atom is -0.378 e. The monoisotopic (exact) mass is 304 g/mol. The van der Waals surface area contributed by atoms with Crippen molar-refractivity contribution in [2.45, 2.75) is 32.1 Å². The number of nitrogens with one attached hydrogen (secondary N) is 1. The van der Waals surface area contributed by atoms with Crippen molar-refractivity contribution in [2.75, 3.05) is 33.0 Å². The van der Waals surface area contributed by atoms with Crippen LogP contribution in [-0.4, -0.2) is 56.9 Å². The zero-order valence-corrected chi connectivity index (χ0v) is 13.2. The van der Waals surface area contributed by atoms with E-state index in [-0.39, 0.29) is 4.75 Å². The quantitative estimate of drug-likeness (QED) is 0.632. The molecule has 0 aromatic carbocycles. The number of rotatable bonds is 10. The molecule has 0 radical (unpaired) electrons. The summed E-state index contributed by atoms with van der Waals surface area (Å²) in [7, 11) is -1.04. The highest BCUT2D eigenvalue weighted by molar-refractivity contribution is 7.84. The summed E-state index contributed by atoms with van der Waals surface area (Å²) in [6.07, 6.45) is 3.43. The molecule has 0 spiro atoms. The molecule has 1 heterocycles. The standard InChI is InChI=1S/C12H24N4O3S/c1-12(2,3)20(17)14-5-8-18-10-11-19-9-7-16-6-4-13-15-16/h4,6,14H,5,7-11H2,1-3H3. The van der Waals surface area contributed by atoms with E-state index in [2.05, 4.69) is 15.0 Å². The van der Waals surface area contributed by atoms with E-state index in [0.717, 1.165) is 0 Å². The Morgan fingerprint density at radius 2 is 1.90 bits per heavy atom. The zero-order chi connectivity index (χ0) is 14.8. The van der Waals surface area contributed by atoms with Crippen molar-refractivity contribution in [3.8, 4) is 0 Å². The summed E-state index contributed by atoms with van der Waals surface area (Å²) in [5, 5.41) is 7.53. The minimum absolute atomic E-state index is 0.246. The second-order valence-electron chi connectivity index (χ2n) is 5.17. The molecule has 1 N–H and O–H groups in total. The van der Waals surface area contributed by atoms with E-state index in [9.17, 15) is 4.21 Å². The third-order valence-electron chi connectivity index (χ3n) is 2.34. The highest BCUT2D eigenvalue weighted by Gasteiger charge is 2.18. The van der Waals surface area contributed by atoms with Gasteiger partial charge in [-0.25, -0.2) is 8.93 Å². The average molecular weight is 304 g/mol. The Morgan fingerprint density at radius 1 is 1.20 bits per heavy atom. The van der Waals surface area contributed by atoms with Crippen LogP contribution in [0.4, 0.5) is 0 Å². The van der Waals surface area contributed by atoms with Gasteiger partial charge in [0.25, 0.3) is 0 Å². The molecular formula is C12H24N4O3S. The Labute approximate surface area is 122 Å². The van der Waals surface area contributed by atoms with E-state index in [1.165, 1.54) is 0 Å². The second-order valence-corrected chi connectivity index (χ2v) is 7.22. The fourth-order valence-corrected chi connectivity index (χ4v) is 1.96. The largest absolute Gasteiger partial charge is 0.378 e. The van der Waals surface area contributed by atoms with Gasteiger partial charge in [0, 0.05) is 12.7 Å². The number of hydrogen-bond acceptors (Lipinski definition) is 5. The van der Waals surface area contributed by atoms with E-state index < -0.39 is 11.0 Å². The van der Waals surface area contributed by atoms with E-state index in [1.54, 1.807) is 17.1 Å². The van der Waals surface area contributed by atoms with Crippen LogP contribution in [0.5, 0.6) is 0 Å². The Morgan fingerprint density at radius 3 is 2.50 bits per heavy atom. The number of ether oxygens (including phenoxy) is 2. The normalized spacial score (nSPS) is 13.6. The van der Waals surface area contributed by atoms with Crippen LogP contribution < -0.4 is 4.72 Å². The molecule has 20 heavy (non-hydrogen) atoms. The fraction of sp³-hybridized carbons (Fsp3) is 0.833. The predicted molar refractivity (Wildman–Crippen MR) is 77.6 cm³/mol. The van der Waals surface area contributed by atoms with Crippen molar-refractivity contribution < 1.29 is 13.7 Å². The van der Waals surface area contributed by atoms with Crippen LogP contribution in [0.3, 0.4) is 0 Å². The maximum absolute atomic E-state index is 11.7. The van der Waals surface area contributed by atoms with E-state index in [0.29, 0.717) is 39.5 Å². The van der Waals surface area contributed by atoms with Crippen LogP contribution in [0.1, 0.15) is 20.8 Å². The molecule has 1 atom stereocenters. The first-order valence-corrected chi connectivity index (χ1v) is 7.80. The first-order chi connectivity index (χ1) is 9.50. The van der Waals surface area contributed by atoms with Crippen LogP contribution in [0.25, 0.3) is 0 Å². The van der Waals surface area contributed by atoms with Crippen molar-refractivity contribution in [2.24, 2.45) is 0 Å². The number of aromatic nitrogens is 3. The van der Waals surface area contributed by atoms with Gasteiger partial charge >= 0.3 is 0 Å². The lowest BCUT2D eigenvalue weighted by atomic mass is 10.3. The zero-order valence-electron chi connectivity index (χ0n) is 12.4. The third-order valence-corrected chi connectivity index (χ3v) is 3.92.